The van der Waals surface area contributed by atoms with Crippen molar-refractivity contribution in [1.29, 1.82) is 0 Å². The first-order valence-corrected chi connectivity index (χ1v) is 7.42. The number of rotatable bonds is 7. The molecule has 0 unspecified atom stereocenters. The van der Waals surface area contributed by atoms with Gasteiger partial charge < -0.3 is 9.16 Å². The second-order valence-corrected chi connectivity index (χ2v) is 5.32. The van der Waals surface area contributed by atoms with Crippen molar-refractivity contribution in [3.8, 4) is 0 Å². The maximum absolute atomic E-state index is 5.65. The Morgan fingerprint density at radius 2 is 1.83 bits per heavy atom. The highest BCUT2D eigenvalue weighted by atomic mass is 28.2. The van der Waals surface area contributed by atoms with E-state index in [1.165, 1.54) is 16.3 Å². The minimum absolute atomic E-state index is 0.597. The Kier molecular flexibility index (Phi) is 5.39. The summed E-state index contributed by atoms with van der Waals surface area (Å²) in [4.78, 5) is 0. The summed E-state index contributed by atoms with van der Waals surface area (Å²) in [5, 5.41) is 2.54. The molecule has 0 N–H and O–H groups in total. The number of hydrogen-bond donors (Lipinski definition) is 0. The molecule has 0 heterocycles. The zero-order valence-corrected chi connectivity index (χ0v) is 11.7. The van der Waals surface area contributed by atoms with Gasteiger partial charge in [0.25, 0.3) is 0 Å². The van der Waals surface area contributed by atoms with Crippen LogP contribution in [-0.4, -0.2) is 23.0 Å². The summed E-state index contributed by atoms with van der Waals surface area (Å²) in [7, 11) is 0.597. The molecule has 0 atom stereocenters. The molecule has 3 heteroatoms. The molecular weight excluding hydrogens is 240 g/mol. The Bertz CT molecular complexity index is 479. The first-order valence-electron chi connectivity index (χ1n) is 6.31. The molecule has 2 aromatic rings. The Balaban J connectivity index is 1.88. The fourth-order valence-corrected chi connectivity index (χ4v) is 2.31. The van der Waals surface area contributed by atoms with Crippen molar-refractivity contribution < 1.29 is 9.16 Å². The van der Waals surface area contributed by atoms with Crippen LogP contribution in [0.25, 0.3) is 10.8 Å². The van der Waals surface area contributed by atoms with Gasteiger partial charge in [-0.05, 0) is 22.4 Å². The average molecular weight is 258 g/mol. The summed E-state index contributed by atoms with van der Waals surface area (Å²) in [5.41, 5.74) is 1.24. The van der Waals surface area contributed by atoms with Gasteiger partial charge in [-0.15, -0.1) is 0 Å². The van der Waals surface area contributed by atoms with E-state index < -0.39 is 0 Å². The summed E-state index contributed by atoms with van der Waals surface area (Å²) in [6.07, 6.45) is 0. The van der Waals surface area contributed by atoms with E-state index in [1.807, 2.05) is 0 Å². The van der Waals surface area contributed by atoms with Crippen molar-refractivity contribution >= 4 is 20.5 Å². The number of fused-ring (bicyclic) bond motifs is 1. The van der Waals surface area contributed by atoms with Gasteiger partial charge in [-0.2, -0.15) is 0 Å². The smallest absolute Gasteiger partial charge is 0.229 e. The van der Waals surface area contributed by atoms with Crippen molar-refractivity contribution in [2.45, 2.75) is 19.6 Å². The van der Waals surface area contributed by atoms with Gasteiger partial charge in [0.15, 0.2) is 0 Å². The fourth-order valence-electron chi connectivity index (χ4n) is 1.88. The maximum atomic E-state index is 5.65. The van der Waals surface area contributed by atoms with Crippen molar-refractivity contribution in [3.05, 3.63) is 48.0 Å². The molecule has 0 bridgehead atoms. The average Bonchev–Trinajstić information content (AvgIpc) is 2.43. The Morgan fingerprint density at radius 3 is 2.72 bits per heavy atom. The molecule has 0 aliphatic rings. The molecule has 18 heavy (non-hydrogen) atoms. The fraction of sp³-hybridized carbons (Fsp3) is 0.333. The van der Waals surface area contributed by atoms with Crippen molar-refractivity contribution in [3.63, 3.8) is 0 Å². The van der Waals surface area contributed by atoms with Crippen LogP contribution in [0.15, 0.2) is 42.5 Å². The molecule has 2 rings (SSSR count). The van der Waals surface area contributed by atoms with Crippen LogP contribution in [0.2, 0.25) is 6.04 Å². The van der Waals surface area contributed by atoms with E-state index in [0.29, 0.717) is 29.6 Å². The highest BCUT2D eigenvalue weighted by molar-refractivity contribution is 6.26. The van der Waals surface area contributed by atoms with Crippen LogP contribution in [0.5, 0.6) is 0 Å². The summed E-state index contributed by atoms with van der Waals surface area (Å²) in [5.74, 6) is 0. The molecular formula is C15H18O2Si. The minimum atomic E-state index is 0.597. The van der Waals surface area contributed by atoms with E-state index >= 15 is 0 Å². The van der Waals surface area contributed by atoms with E-state index in [4.69, 9.17) is 9.16 Å². The van der Waals surface area contributed by atoms with Gasteiger partial charge in [0.2, 0.25) is 9.76 Å². The van der Waals surface area contributed by atoms with E-state index in [1.54, 1.807) is 0 Å². The maximum Gasteiger partial charge on any atom is 0.229 e. The zero-order valence-electron chi connectivity index (χ0n) is 10.7. The molecule has 2 radical (unpaired) electrons. The molecule has 0 saturated heterocycles. The van der Waals surface area contributed by atoms with Crippen LogP contribution in [0.3, 0.4) is 0 Å². The Labute approximate surface area is 111 Å². The van der Waals surface area contributed by atoms with Gasteiger partial charge in [-0.1, -0.05) is 49.4 Å². The molecule has 2 nitrogen and oxygen atoms in total. The summed E-state index contributed by atoms with van der Waals surface area (Å²) in [6.45, 7) is 4.13. The van der Waals surface area contributed by atoms with Crippen LogP contribution < -0.4 is 0 Å². The lowest BCUT2D eigenvalue weighted by atomic mass is 10.1. The molecule has 0 aliphatic heterocycles. The number of hydrogen-bond acceptors (Lipinski definition) is 2. The molecule has 0 fully saturated rings. The summed E-state index contributed by atoms with van der Waals surface area (Å²) in [6, 6.07) is 15.8. The first kappa shape index (κ1) is 13.3. The minimum Gasteiger partial charge on any atom is -0.415 e. The third kappa shape index (κ3) is 3.67. The lowest BCUT2D eigenvalue weighted by Crippen LogP contribution is -2.06. The van der Waals surface area contributed by atoms with Crippen molar-refractivity contribution in [2.24, 2.45) is 0 Å². The van der Waals surface area contributed by atoms with Crippen LogP contribution in [0.4, 0.5) is 0 Å². The van der Waals surface area contributed by atoms with Gasteiger partial charge >= 0.3 is 0 Å². The van der Waals surface area contributed by atoms with Gasteiger partial charge in [-0.25, -0.2) is 0 Å². The van der Waals surface area contributed by atoms with Gasteiger partial charge in [0.1, 0.15) is 0 Å². The van der Waals surface area contributed by atoms with E-state index in [9.17, 15) is 0 Å². The zero-order chi connectivity index (χ0) is 12.6. The summed E-state index contributed by atoms with van der Waals surface area (Å²) >= 11 is 0. The standard InChI is InChI=1S/C15H18O2Si/c1-2-18-17-11-10-16-12-14-8-5-7-13-6-3-4-9-15(13)14/h3-9H,2,10-12H2,1H3. The SMILES string of the molecule is CC[Si]OCCOCc1cccc2ccccc12. The Hall–Kier alpha value is -1.16. The van der Waals surface area contributed by atoms with Crippen LogP contribution in [0, 0.1) is 0 Å². The largest absolute Gasteiger partial charge is 0.415 e. The highest BCUT2D eigenvalue weighted by Gasteiger charge is 2.00. The predicted octanol–water partition coefficient (Wildman–Crippen LogP) is 3.43. The second kappa shape index (κ2) is 7.31. The molecule has 0 amide bonds. The molecule has 0 aromatic heterocycles. The van der Waals surface area contributed by atoms with E-state index in [-0.39, 0.29) is 0 Å². The van der Waals surface area contributed by atoms with Crippen molar-refractivity contribution in [1.82, 2.24) is 0 Å². The molecule has 94 valence electrons. The van der Waals surface area contributed by atoms with E-state index in [2.05, 4.69) is 49.4 Å². The van der Waals surface area contributed by atoms with Gasteiger partial charge in [0.05, 0.1) is 19.8 Å². The topological polar surface area (TPSA) is 18.5 Å². The molecule has 0 spiro atoms. The van der Waals surface area contributed by atoms with Crippen LogP contribution >= 0.6 is 0 Å². The predicted molar refractivity (Wildman–Crippen MR) is 75.8 cm³/mol. The van der Waals surface area contributed by atoms with Gasteiger partial charge in [0, 0.05) is 0 Å². The molecule has 0 aliphatic carbocycles. The molecule has 2 aromatic carbocycles. The monoisotopic (exact) mass is 258 g/mol. The Morgan fingerprint density at radius 1 is 1.00 bits per heavy atom. The third-order valence-corrected chi connectivity index (χ3v) is 3.41. The normalized spacial score (nSPS) is 10.9. The summed E-state index contributed by atoms with van der Waals surface area (Å²) < 4.78 is 11.1. The van der Waals surface area contributed by atoms with Crippen molar-refractivity contribution in [2.75, 3.05) is 13.2 Å². The lowest BCUT2D eigenvalue weighted by molar-refractivity contribution is 0.0908. The third-order valence-electron chi connectivity index (χ3n) is 2.71. The number of benzene rings is 2. The number of ether oxygens (including phenoxy) is 1. The van der Waals surface area contributed by atoms with Gasteiger partial charge in [-0.3, -0.25) is 0 Å². The highest BCUT2D eigenvalue weighted by Crippen LogP contribution is 2.18. The first-order chi connectivity index (χ1) is 8.92. The quantitative estimate of drug-likeness (QED) is 0.559. The van der Waals surface area contributed by atoms with E-state index in [0.717, 1.165) is 6.04 Å². The van der Waals surface area contributed by atoms with Crippen LogP contribution in [0.1, 0.15) is 12.5 Å². The molecule has 0 saturated carbocycles. The lowest BCUT2D eigenvalue weighted by Gasteiger charge is -2.08. The van der Waals surface area contributed by atoms with Crippen LogP contribution in [-0.2, 0) is 15.8 Å². The second-order valence-electron chi connectivity index (χ2n) is 4.04.